The zero-order chi connectivity index (χ0) is 19.2. The smallest absolute Gasteiger partial charge is 0.237 e. The number of carbonyl (C=O) groups excluding carboxylic acids is 1. The number of nitrogen functional groups attached to an aromatic ring is 1. The molecule has 1 aromatic rings. The molecular weight excluding hydrogens is 340 g/mol. The van der Waals surface area contributed by atoms with Crippen LogP contribution in [0.3, 0.4) is 0 Å². The third kappa shape index (κ3) is 4.50. The Labute approximate surface area is 160 Å². The van der Waals surface area contributed by atoms with Crippen molar-refractivity contribution in [3.05, 3.63) is 23.8 Å². The molecule has 1 aromatic carbocycles. The molecule has 0 bridgehead atoms. The van der Waals surface area contributed by atoms with Crippen LogP contribution in [0, 0.1) is 22.7 Å². The predicted octanol–water partition coefficient (Wildman–Crippen LogP) is 1.97. The number of nitrogens with two attached hydrogens (primary N) is 1. The number of anilines is 2. The van der Waals surface area contributed by atoms with Crippen LogP contribution in [0.25, 0.3) is 0 Å². The van der Waals surface area contributed by atoms with Gasteiger partial charge in [-0.2, -0.15) is 10.5 Å². The molecule has 27 heavy (non-hydrogen) atoms. The van der Waals surface area contributed by atoms with Crippen molar-refractivity contribution in [2.24, 2.45) is 0 Å². The predicted molar refractivity (Wildman–Crippen MR) is 104 cm³/mol. The number of nitrogens with one attached hydrogen (secondary N) is 2. The lowest BCUT2D eigenvalue weighted by Gasteiger charge is -2.31. The first-order valence-electron chi connectivity index (χ1n) is 9.60. The van der Waals surface area contributed by atoms with E-state index < -0.39 is 0 Å². The highest BCUT2D eigenvalue weighted by molar-refractivity contribution is 5.79. The molecule has 0 unspecified atom stereocenters. The molecule has 2 fully saturated rings. The minimum atomic E-state index is -0.258. The van der Waals surface area contributed by atoms with E-state index in [0.717, 1.165) is 44.2 Å². The fourth-order valence-corrected chi connectivity index (χ4v) is 4.01. The summed E-state index contributed by atoms with van der Waals surface area (Å²) in [6, 6.07) is 10.2. The van der Waals surface area contributed by atoms with Gasteiger partial charge in [-0.3, -0.25) is 4.79 Å². The first-order chi connectivity index (χ1) is 13.1. The Morgan fingerprint density at radius 1 is 1.19 bits per heavy atom. The molecule has 1 atom stereocenters. The average molecular weight is 366 g/mol. The topological polar surface area (TPSA) is 118 Å². The molecule has 2 aliphatic rings. The van der Waals surface area contributed by atoms with Crippen LogP contribution in [0.1, 0.15) is 44.1 Å². The quantitative estimate of drug-likeness (QED) is 0.686. The first-order valence-corrected chi connectivity index (χ1v) is 9.60. The van der Waals surface area contributed by atoms with Gasteiger partial charge in [0.25, 0.3) is 0 Å². The molecular formula is C20H26N6O. The lowest BCUT2D eigenvalue weighted by molar-refractivity contribution is -0.130. The monoisotopic (exact) mass is 366 g/mol. The minimum absolute atomic E-state index is 0.0257. The number of benzene rings is 1. The van der Waals surface area contributed by atoms with Crippen LogP contribution in [0.15, 0.2) is 18.2 Å². The zero-order valence-corrected chi connectivity index (χ0v) is 15.4. The molecule has 1 amide bonds. The summed E-state index contributed by atoms with van der Waals surface area (Å²) in [5.74, 6) is 0.0257. The van der Waals surface area contributed by atoms with E-state index in [1.54, 1.807) is 11.0 Å². The summed E-state index contributed by atoms with van der Waals surface area (Å²) < 4.78 is 0. The molecule has 142 valence electrons. The summed E-state index contributed by atoms with van der Waals surface area (Å²) in [6.45, 7) is 0.992. The number of hydrogen-bond acceptors (Lipinski definition) is 6. The summed E-state index contributed by atoms with van der Waals surface area (Å²) in [4.78, 5) is 14.0. The van der Waals surface area contributed by atoms with E-state index in [4.69, 9.17) is 11.0 Å². The number of amides is 1. The van der Waals surface area contributed by atoms with Gasteiger partial charge in [-0.05, 0) is 50.7 Å². The average Bonchev–Trinajstić information content (AvgIpc) is 3.16. The number of carbonyl (C=O) groups is 1. The number of nitriles is 2. The third-order valence-electron chi connectivity index (χ3n) is 5.56. The van der Waals surface area contributed by atoms with Gasteiger partial charge >= 0.3 is 0 Å². The van der Waals surface area contributed by atoms with Gasteiger partial charge in [-0.1, -0.05) is 6.07 Å². The van der Waals surface area contributed by atoms with Crippen LogP contribution in [0.2, 0.25) is 0 Å². The number of rotatable bonds is 5. The molecule has 3 rings (SSSR count). The first kappa shape index (κ1) is 19.0. The van der Waals surface area contributed by atoms with Crippen molar-refractivity contribution in [1.82, 2.24) is 10.2 Å². The maximum atomic E-state index is 12.3. The summed E-state index contributed by atoms with van der Waals surface area (Å²) in [6.07, 6.45) is 5.57. The largest absolute Gasteiger partial charge is 0.398 e. The van der Waals surface area contributed by atoms with Crippen molar-refractivity contribution < 1.29 is 4.79 Å². The van der Waals surface area contributed by atoms with Gasteiger partial charge in [0.1, 0.15) is 12.1 Å². The van der Waals surface area contributed by atoms with Crippen LogP contribution < -0.4 is 16.4 Å². The Balaban J connectivity index is 1.44. The van der Waals surface area contributed by atoms with E-state index in [0.29, 0.717) is 36.4 Å². The third-order valence-corrected chi connectivity index (χ3v) is 5.56. The molecule has 0 aromatic heterocycles. The Morgan fingerprint density at radius 2 is 1.93 bits per heavy atom. The highest BCUT2D eigenvalue weighted by Crippen LogP contribution is 2.26. The summed E-state index contributed by atoms with van der Waals surface area (Å²) in [5.41, 5.74) is 7.66. The number of hydrogen-bond donors (Lipinski definition) is 3. The van der Waals surface area contributed by atoms with Gasteiger partial charge in [0.05, 0.1) is 29.6 Å². The number of nitrogens with zero attached hydrogens (tertiary/aromatic N) is 3. The maximum absolute atomic E-state index is 12.3. The number of likely N-dealkylation sites (tertiary alicyclic amines) is 1. The SMILES string of the molecule is N#Cc1c(N)cccc1NC1CCC(NCC(=O)N2CCC[C@H]2C#N)CC1. The van der Waals surface area contributed by atoms with Crippen LogP contribution >= 0.6 is 0 Å². The second kappa shape index (κ2) is 8.75. The van der Waals surface area contributed by atoms with E-state index in [1.807, 2.05) is 12.1 Å². The van der Waals surface area contributed by atoms with Crippen LogP contribution in [0.4, 0.5) is 11.4 Å². The van der Waals surface area contributed by atoms with E-state index in [1.165, 1.54) is 0 Å². The Kier molecular flexibility index (Phi) is 6.16. The molecule has 7 nitrogen and oxygen atoms in total. The molecule has 0 radical (unpaired) electrons. The van der Waals surface area contributed by atoms with Gasteiger partial charge in [-0.15, -0.1) is 0 Å². The molecule has 1 aliphatic carbocycles. The van der Waals surface area contributed by atoms with Crippen molar-refractivity contribution in [3.63, 3.8) is 0 Å². The summed E-state index contributed by atoms with van der Waals surface area (Å²) in [5, 5.41) is 25.2. The van der Waals surface area contributed by atoms with Crippen LogP contribution in [0.5, 0.6) is 0 Å². The van der Waals surface area contributed by atoms with Gasteiger partial charge in [0, 0.05) is 18.6 Å². The molecule has 1 aliphatic heterocycles. The Hall–Kier alpha value is -2.77. The van der Waals surface area contributed by atoms with Crippen molar-refractivity contribution in [2.45, 2.75) is 56.7 Å². The van der Waals surface area contributed by atoms with E-state index >= 15 is 0 Å². The fraction of sp³-hybridized carbons (Fsp3) is 0.550. The van der Waals surface area contributed by atoms with E-state index in [-0.39, 0.29) is 11.9 Å². The van der Waals surface area contributed by atoms with Crippen molar-refractivity contribution in [2.75, 3.05) is 24.1 Å². The molecule has 1 saturated carbocycles. The Morgan fingerprint density at radius 3 is 2.63 bits per heavy atom. The fourth-order valence-electron chi connectivity index (χ4n) is 4.01. The second-order valence-electron chi connectivity index (χ2n) is 7.33. The van der Waals surface area contributed by atoms with Crippen LogP contribution in [-0.2, 0) is 4.79 Å². The van der Waals surface area contributed by atoms with E-state index in [2.05, 4.69) is 22.8 Å². The van der Waals surface area contributed by atoms with Gasteiger partial charge < -0.3 is 21.3 Å². The maximum Gasteiger partial charge on any atom is 0.237 e. The summed E-state index contributed by atoms with van der Waals surface area (Å²) >= 11 is 0. The van der Waals surface area contributed by atoms with Gasteiger partial charge in [0.15, 0.2) is 0 Å². The highest BCUT2D eigenvalue weighted by atomic mass is 16.2. The van der Waals surface area contributed by atoms with Crippen molar-refractivity contribution >= 4 is 17.3 Å². The van der Waals surface area contributed by atoms with Gasteiger partial charge in [-0.25, -0.2) is 0 Å². The summed E-state index contributed by atoms with van der Waals surface area (Å²) in [7, 11) is 0. The lowest BCUT2D eigenvalue weighted by Crippen LogP contribution is -2.45. The molecule has 0 spiro atoms. The lowest BCUT2D eigenvalue weighted by atomic mass is 9.90. The molecule has 1 heterocycles. The second-order valence-corrected chi connectivity index (χ2v) is 7.33. The highest BCUT2D eigenvalue weighted by Gasteiger charge is 2.29. The van der Waals surface area contributed by atoms with E-state index in [9.17, 15) is 10.1 Å². The zero-order valence-electron chi connectivity index (χ0n) is 15.4. The van der Waals surface area contributed by atoms with Crippen molar-refractivity contribution in [1.29, 1.82) is 10.5 Å². The normalized spacial score (nSPS) is 24.8. The van der Waals surface area contributed by atoms with Crippen molar-refractivity contribution in [3.8, 4) is 12.1 Å². The minimum Gasteiger partial charge on any atom is -0.398 e. The Bertz CT molecular complexity index is 757. The van der Waals surface area contributed by atoms with Gasteiger partial charge in [0.2, 0.25) is 5.91 Å². The molecule has 7 heteroatoms. The molecule has 1 saturated heterocycles. The molecule has 4 N–H and O–H groups in total. The van der Waals surface area contributed by atoms with Crippen LogP contribution in [-0.4, -0.2) is 42.0 Å². The standard InChI is InChI=1S/C20H26N6O/c21-11-16-3-2-10-26(16)20(27)13-24-14-6-8-15(9-7-14)25-19-5-1-4-18(23)17(19)12-22/h1,4-5,14-16,24-25H,2-3,6-10,13,23H2/t14?,15?,16-/m0/s1.